The molecule has 0 saturated carbocycles. The number of hydrogen-bond acceptors (Lipinski definition) is 6. The fourth-order valence-corrected chi connectivity index (χ4v) is 3.58. The summed E-state index contributed by atoms with van der Waals surface area (Å²) in [6.07, 6.45) is 3.25. The molecule has 1 saturated heterocycles. The van der Waals surface area contributed by atoms with Crippen molar-refractivity contribution >= 4 is 28.3 Å². The number of benzene rings is 1. The zero-order valence-electron chi connectivity index (χ0n) is 14.6. The van der Waals surface area contributed by atoms with Gasteiger partial charge in [0.25, 0.3) is 5.91 Å². The van der Waals surface area contributed by atoms with E-state index in [-0.39, 0.29) is 17.9 Å². The number of aromatic nitrogens is 1. The molecule has 1 aromatic carbocycles. The van der Waals surface area contributed by atoms with Crippen molar-refractivity contribution in [1.82, 2.24) is 15.2 Å². The second-order valence-corrected chi connectivity index (χ2v) is 7.29. The molecule has 2 amide bonds. The molecular weight excluding hydrogens is 352 g/mol. The molecule has 8 heteroatoms. The first kappa shape index (κ1) is 18.2. The highest BCUT2D eigenvalue weighted by molar-refractivity contribution is 7.17. The molecule has 138 valence electrons. The average Bonchev–Trinajstić information content (AvgIpc) is 3.01. The highest BCUT2D eigenvalue weighted by Gasteiger charge is 2.24. The number of nitrogens with zero attached hydrogens (tertiary/aromatic N) is 2. The fraction of sp³-hybridized carbons (Fsp3) is 0.389. The van der Waals surface area contributed by atoms with Gasteiger partial charge in [-0.3, -0.25) is 9.59 Å². The second-order valence-electron chi connectivity index (χ2n) is 6.23. The molecule has 1 atom stereocenters. The summed E-state index contributed by atoms with van der Waals surface area (Å²) in [7, 11) is 1.63. The minimum atomic E-state index is -0.183. The van der Waals surface area contributed by atoms with Crippen LogP contribution >= 0.6 is 11.3 Å². The zero-order chi connectivity index (χ0) is 18.5. The second kappa shape index (κ2) is 8.18. The van der Waals surface area contributed by atoms with Gasteiger partial charge in [-0.2, -0.15) is 0 Å². The minimum absolute atomic E-state index is 0.0370. The molecule has 1 aliphatic heterocycles. The number of nitrogen functional groups attached to an aromatic ring is 1. The number of carbonyl (C=O) groups is 2. The quantitative estimate of drug-likeness (QED) is 0.835. The number of rotatable bonds is 5. The van der Waals surface area contributed by atoms with E-state index in [0.717, 1.165) is 29.1 Å². The Bertz CT molecular complexity index is 792. The van der Waals surface area contributed by atoms with Gasteiger partial charge in [-0.05, 0) is 30.5 Å². The van der Waals surface area contributed by atoms with E-state index in [1.165, 1.54) is 6.20 Å². The predicted molar refractivity (Wildman–Crippen MR) is 100 cm³/mol. The molecule has 0 bridgehead atoms. The first-order valence-electron chi connectivity index (χ1n) is 8.48. The van der Waals surface area contributed by atoms with Gasteiger partial charge in [-0.15, -0.1) is 0 Å². The summed E-state index contributed by atoms with van der Waals surface area (Å²) < 4.78 is 5.24. The fourth-order valence-electron chi connectivity index (χ4n) is 2.99. The maximum atomic E-state index is 12.4. The van der Waals surface area contributed by atoms with Crippen LogP contribution in [0.2, 0.25) is 0 Å². The van der Waals surface area contributed by atoms with Gasteiger partial charge in [0.05, 0.1) is 13.3 Å². The Kier molecular flexibility index (Phi) is 5.72. The van der Waals surface area contributed by atoms with E-state index in [1.807, 2.05) is 29.2 Å². The summed E-state index contributed by atoms with van der Waals surface area (Å²) in [5.74, 6) is 0.697. The Morgan fingerprint density at radius 1 is 1.46 bits per heavy atom. The van der Waals surface area contributed by atoms with Gasteiger partial charge >= 0.3 is 0 Å². The molecule has 1 aliphatic rings. The van der Waals surface area contributed by atoms with Gasteiger partial charge in [0, 0.05) is 25.6 Å². The summed E-state index contributed by atoms with van der Waals surface area (Å²) >= 11 is 1.16. The van der Waals surface area contributed by atoms with Crippen LogP contribution in [0.25, 0.3) is 0 Å². The van der Waals surface area contributed by atoms with Crippen LogP contribution in [0.5, 0.6) is 5.75 Å². The summed E-state index contributed by atoms with van der Waals surface area (Å²) in [5.41, 5.74) is 6.60. The van der Waals surface area contributed by atoms with Crippen LogP contribution in [-0.2, 0) is 11.3 Å². The standard InChI is InChI=1S/C18H22N4O3S/c1-25-14-4-2-3-12(9-14)11-22-8-7-13(5-6-16(22)23)21-17(24)15-10-20-18(19)26-15/h2-4,9-10,13H,5-8,11H2,1H3,(H2,19,20)(H,21,24). The number of nitrogens with two attached hydrogens (primary N) is 1. The van der Waals surface area contributed by atoms with E-state index in [9.17, 15) is 9.59 Å². The highest BCUT2D eigenvalue weighted by Crippen LogP contribution is 2.19. The smallest absolute Gasteiger partial charge is 0.263 e. The Labute approximate surface area is 156 Å². The highest BCUT2D eigenvalue weighted by atomic mass is 32.1. The number of methoxy groups -OCH3 is 1. The first-order chi connectivity index (χ1) is 12.5. The van der Waals surface area contributed by atoms with Crippen molar-refractivity contribution in [3.8, 4) is 5.75 Å². The van der Waals surface area contributed by atoms with E-state index in [4.69, 9.17) is 10.5 Å². The molecule has 7 nitrogen and oxygen atoms in total. The van der Waals surface area contributed by atoms with Gasteiger partial charge in [-0.1, -0.05) is 23.5 Å². The van der Waals surface area contributed by atoms with Crippen LogP contribution in [0.15, 0.2) is 30.5 Å². The lowest BCUT2D eigenvalue weighted by Crippen LogP contribution is -2.35. The molecule has 1 unspecified atom stereocenters. The minimum Gasteiger partial charge on any atom is -0.497 e. The van der Waals surface area contributed by atoms with Gasteiger partial charge in [0.15, 0.2) is 5.13 Å². The van der Waals surface area contributed by atoms with Crippen molar-refractivity contribution in [3.63, 3.8) is 0 Å². The molecule has 3 N–H and O–H groups in total. The third-order valence-corrected chi connectivity index (χ3v) is 5.22. The Morgan fingerprint density at radius 3 is 3.04 bits per heavy atom. The molecule has 2 aromatic rings. The van der Waals surface area contributed by atoms with Crippen LogP contribution in [0.3, 0.4) is 0 Å². The van der Waals surface area contributed by atoms with E-state index >= 15 is 0 Å². The molecule has 0 spiro atoms. The lowest BCUT2D eigenvalue weighted by Gasteiger charge is -2.21. The molecular formula is C18H22N4O3S. The largest absolute Gasteiger partial charge is 0.497 e. The maximum absolute atomic E-state index is 12.4. The van der Waals surface area contributed by atoms with Crippen LogP contribution in [0, 0.1) is 0 Å². The van der Waals surface area contributed by atoms with E-state index < -0.39 is 0 Å². The lowest BCUT2D eigenvalue weighted by molar-refractivity contribution is -0.131. The molecule has 0 radical (unpaired) electrons. The first-order valence-corrected chi connectivity index (χ1v) is 9.29. The molecule has 1 fully saturated rings. The normalized spacial score (nSPS) is 17.7. The Balaban J connectivity index is 1.59. The van der Waals surface area contributed by atoms with Gasteiger partial charge in [0.1, 0.15) is 10.6 Å². The lowest BCUT2D eigenvalue weighted by atomic mass is 10.1. The van der Waals surface area contributed by atoms with Crippen molar-refractivity contribution in [1.29, 1.82) is 0 Å². The number of likely N-dealkylation sites (tertiary alicyclic amines) is 1. The Morgan fingerprint density at radius 2 is 2.31 bits per heavy atom. The number of ether oxygens (including phenoxy) is 1. The van der Waals surface area contributed by atoms with Gasteiger partial charge in [0.2, 0.25) is 5.91 Å². The summed E-state index contributed by atoms with van der Waals surface area (Å²) in [5, 5.41) is 3.36. The van der Waals surface area contributed by atoms with Crippen molar-refractivity contribution in [2.24, 2.45) is 0 Å². The topological polar surface area (TPSA) is 97.6 Å². The van der Waals surface area contributed by atoms with Crippen LogP contribution in [0.4, 0.5) is 5.13 Å². The maximum Gasteiger partial charge on any atom is 0.263 e. The number of hydrogen-bond donors (Lipinski definition) is 2. The van der Waals surface area contributed by atoms with Crippen molar-refractivity contribution in [2.45, 2.75) is 31.8 Å². The van der Waals surface area contributed by atoms with Crippen LogP contribution in [-0.4, -0.2) is 41.4 Å². The third kappa shape index (κ3) is 4.51. The van der Waals surface area contributed by atoms with Gasteiger partial charge in [-0.25, -0.2) is 4.98 Å². The van der Waals surface area contributed by atoms with Crippen molar-refractivity contribution in [2.75, 3.05) is 19.4 Å². The molecule has 2 heterocycles. The van der Waals surface area contributed by atoms with E-state index in [2.05, 4.69) is 10.3 Å². The molecule has 1 aromatic heterocycles. The SMILES string of the molecule is COc1cccc(CN2CCC(NC(=O)c3cnc(N)s3)CCC2=O)c1. The summed E-state index contributed by atoms with van der Waals surface area (Å²) in [4.78, 5) is 30.9. The number of anilines is 1. The van der Waals surface area contributed by atoms with Crippen molar-refractivity contribution in [3.05, 3.63) is 40.9 Å². The average molecular weight is 374 g/mol. The number of carbonyl (C=O) groups excluding carboxylic acids is 2. The van der Waals surface area contributed by atoms with Gasteiger partial charge < -0.3 is 20.7 Å². The Hall–Kier alpha value is -2.61. The van der Waals surface area contributed by atoms with Crippen LogP contribution < -0.4 is 15.8 Å². The molecule has 26 heavy (non-hydrogen) atoms. The molecule has 0 aliphatic carbocycles. The zero-order valence-corrected chi connectivity index (χ0v) is 15.4. The summed E-state index contributed by atoms with van der Waals surface area (Å²) in [6.45, 7) is 1.15. The number of thiazole rings is 1. The number of nitrogens with one attached hydrogen (secondary N) is 1. The number of amides is 2. The third-order valence-electron chi connectivity index (χ3n) is 4.40. The monoisotopic (exact) mass is 374 g/mol. The predicted octanol–water partition coefficient (Wildman–Crippen LogP) is 2.04. The molecule has 3 rings (SSSR count). The van der Waals surface area contributed by atoms with Crippen molar-refractivity contribution < 1.29 is 14.3 Å². The van der Waals surface area contributed by atoms with E-state index in [0.29, 0.717) is 35.9 Å². The van der Waals surface area contributed by atoms with Crippen LogP contribution in [0.1, 0.15) is 34.5 Å². The van der Waals surface area contributed by atoms with E-state index in [1.54, 1.807) is 7.11 Å². The summed E-state index contributed by atoms with van der Waals surface area (Å²) in [6, 6.07) is 7.68.